The van der Waals surface area contributed by atoms with Crippen molar-refractivity contribution >= 4 is 38.7 Å². The summed E-state index contributed by atoms with van der Waals surface area (Å²) in [4.78, 5) is 3.34. The Kier molecular flexibility index (Phi) is 4.70. The first-order valence-corrected chi connectivity index (χ1v) is 8.86. The summed E-state index contributed by atoms with van der Waals surface area (Å²) in [5.74, 6) is 0. The highest BCUT2D eigenvalue weighted by molar-refractivity contribution is 7.89. The highest BCUT2D eigenvalue weighted by Crippen LogP contribution is 2.22. The topological polar surface area (TPSA) is 58.5 Å². The Bertz CT molecular complexity index is 795. The summed E-state index contributed by atoms with van der Waals surface area (Å²) in [5.41, 5.74) is 2.13. The molecule has 1 aromatic heterocycles. The third kappa shape index (κ3) is 3.84. The molecule has 0 aliphatic rings. The Labute approximate surface area is 133 Å². The molecule has 0 saturated carbocycles. The highest BCUT2D eigenvalue weighted by atomic mass is 35.5. The van der Waals surface area contributed by atoms with Crippen LogP contribution in [0.25, 0.3) is 0 Å². The van der Waals surface area contributed by atoms with E-state index in [1.54, 1.807) is 38.1 Å². The Morgan fingerprint density at radius 3 is 2.57 bits per heavy atom. The van der Waals surface area contributed by atoms with E-state index < -0.39 is 10.0 Å². The molecule has 0 saturated heterocycles. The summed E-state index contributed by atoms with van der Waals surface area (Å²) in [6, 6.07) is 8.83. The molecule has 2 rings (SSSR count). The summed E-state index contributed by atoms with van der Waals surface area (Å²) < 4.78 is 25.2. The van der Waals surface area contributed by atoms with Gasteiger partial charge in [0, 0.05) is 0 Å². The molecule has 0 spiro atoms. The minimum Gasteiger partial charge on any atom is -0.200 e. The van der Waals surface area contributed by atoms with Crippen LogP contribution in [0.15, 0.2) is 40.3 Å². The van der Waals surface area contributed by atoms with E-state index in [1.807, 2.05) is 13.0 Å². The number of sulfonamides is 1. The number of hydrazone groups is 1. The lowest BCUT2D eigenvalue weighted by molar-refractivity contribution is 0.583. The van der Waals surface area contributed by atoms with Crippen molar-refractivity contribution in [1.29, 1.82) is 0 Å². The first-order valence-electron chi connectivity index (χ1n) is 6.18. The Balaban J connectivity index is 2.27. The molecule has 1 aromatic carbocycles. The fourth-order valence-electron chi connectivity index (χ4n) is 1.74. The lowest BCUT2D eigenvalue weighted by Gasteiger charge is -2.08. The van der Waals surface area contributed by atoms with Crippen molar-refractivity contribution in [2.45, 2.75) is 25.7 Å². The second kappa shape index (κ2) is 6.17. The maximum atomic E-state index is 12.3. The third-order valence-electron chi connectivity index (χ3n) is 2.90. The van der Waals surface area contributed by atoms with Gasteiger partial charge in [-0.2, -0.15) is 18.4 Å². The van der Waals surface area contributed by atoms with E-state index in [0.717, 1.165) is 10.4 Å². The SMILES string of the molecule is CC(=NNS(=O)(=O)c1cc(C)ccc1C)c1ccc(Cl)s1. The van der Waals surface area contributed by atoms with Gasteiger partial charge in [0.1, 0.15) is 0 Å². The van der Waals surface area contributed by atoms with E-state index in [4.69, 9.17) is 11.6 Å². The largest absolute Gasteiger partial charge is 0.276 e. The molecule has 0 bridgehead atoms. The number of nitrogens with one attached hydrogen (secondary N) is 1. The molecule has 21 heavy (non-hydrogen) atoms. The van der Waals surface area contributed by atoms with Crippen molar-refractivity contribution in [2.75, 3.05) is 0 Å². The van der Waals surface area contributed by atoms with Crippen molar-refractivity contribution in [3.63, 3.8) is 0 Å². The molecule has 0 unspecified atom stereocenters. The van der Waals surface area contributed by atoms with Gasteiger partial charge in [-0.25, -0.2) is 0 Å². The molecular weight excluding hydrogens is 328 g/mol. The van der Waals surface area contributed by atoms with Crippen LogP contribution in [0.5, 0.6) is 0 Å². The van der Waals surface area contributed by atoms with Crippen LogP contribution < -0.4 is 4.83 Å². The molecule has 112 valence electrons. The fourth-order valence-corrected chi connectivity index (χ4v) is 3.91. The van der Waals surface area contributed by atoms with Crippen LogP contribution in [-0.4, -0.2) is 14.1 Å². The summed E-state index contributed by atoms with van der Waals surface area (Å²) >= 11 is 7.20. The maximum absolute atomic E-state index is 12.3. The van der Waals surface area contributed by atoms with E-state index in [-0.39, 0.29) is 4.90 Å². The summed E-state index contributed by atoms with van der Waals surface area (Å²) in [7, 11) is -3.68. The van der Waals surface area contributed by atoms with Crippen molar-refractivity contribution < 1.29 is 8.42 Å². The Morgan fingerprint density at radius 1 is 1.24 bits per heavy atom. The summed E-state index contributed by atoms with van der Waals surface area (Å²) in [5, 5.41) is 3.96. The van der Waals surface area contributed by atoms with Gasteiger partial charge in [-0.1, -0.05) is 23.7 Å². The zero-order chi connectivity index (χ0) is 15.6. The Morgan fingerprint density at radius 2 is 1.95 bits per heavy atom. The molecule has 4 nitrogen and oxygen atoms in total. The molecule has 7 heteroatoms. The van der Waals surface area contributed by atoms with E-state index in [2.05, 4.69) is 9.93 Å². The molecule has 1 N–H and O–H groups in total. The molecule has 0 aliphatic carbocycles. The minimum atomic E-state index is -3.68. The van der Waals surface area contributed by atoms with Gasteiger partial charge in [-0.3, -0.25) is 0 Å². The van der Waals surface area contributed by atoms with Gasteiger partial charge in [0.25, 0.3) is 10.0 Å². The van der Waals surface area contributed by atoms with Crippen LogP contribution in [0.1, 0.15) is 22.9 Å². The van der Waals surface area contributed by atoms with Gasteiger partial charge >= 0.3 is 0 Å². The van der Waals surface area contributed by atoms with Crippen LogP contribution in [0, 0.1) is 13.8 Å². The monoisotopic (exact) mass is 342 g/mol. The number of hydrogen-bond donors (Lipinski definition) is 1. The second-order valence-corrected chi connectivity index (χ2v) is 8.01. The molecule has 2 aromatic rings. The number of halogens is 1. The molecular formula is C14H15ClN2O2S2. The number of nitrogens with zero attached hydrogens (tertiary/aromatic N) is 1. The van der Waals surface area contributed by atoms with Crippen molar-refractivity contribution in [3.8, 4) is 0 Å². The summed E-state index contributed by atoms with van der Waals surface area (Å²) in [6.45, 7) is 5.33. The van der Waals surface area contributed by atoms with Gasteiger partial charge in [-0.15, -0.1) is 11.3 Å². The standard InChI is InChI=1S/C14H15ClN2O2S2/c1-9-4-5-10(2)13(8-9)21(18,19)17-16-11(3)12-6-7-14(15)20-12/h4-8,17H,1-3H3. The quantitative estimate of drug-likeness (QED) is 0.680. The van der Waals surface area contributed by atoms with Crippen molar-refractivity contribution in [1.82, 2.24) is 4.83 Å². The van der Waals surface area contributed by atoms with Crippen LogP contribution >= 0.6 is 22.9 Å². The zero-order valence-corrected chi connectivity index (χ0v) is 14.2. The third-order valence-corrected chi connectivity index (χ3v) is 5.59. The highest BCUT2D eigenvalue weighted by Gasteiger charge is 2.16. The number of hydrogen-bond acceptors (Lipinski definition) is 4. The van der Waals surface area contributed by atoms with Gasteiger partial charge in [0.05, 0.1) is 19.8 Å². The van der Waals surface area contributed by atoms with Crippen molar-refractivity contribution in [2.24, 2.45) is 5.10 Å². The number of thiophene rings is 1. The van der Waals surface area contributed by atoms with E-state index >= 15 is 0 Å². The molecule has 0 amide bonds. The first kappa shape index (κ1) is 16.0. The van der Waals surface area contributed by atoms with Gasteiger partial charge in [0.2, 0.25) is 0 Å². The first-order chi connectivity index (χ1) is 9.79. The predicted molar refractivity (Wildman–Crippen MR) is 87.8 cm³/mol. The molecule has 0 fully saturated rings. The fraction of sp³-hybridized carbons (Fsp3) is 0.214. The average Bonchev–Trinajstić information content (AvgIpc) is 2.85. The van der Waals surface area contributed by atoms with Crippen LogP contribution in [-0.2, 0) is 10.0 Å². The van der Waals surface area contributed by atoms with E-state index in [1.165, 1.54) is 11.3 Å². The maximum Gasteiger partial charge on any atom is 0.276 e. The number of benzene rings is 1. The van der Waals surface area contributed by atoms with Crippen LogP contribution in [0.2, 0.25) is 4.34 Å². The number of rotatable bonds is 4. The molecule has 1 heterocycles. The van der Waals surface area contributed by atoms with E-state index in [9.17, 15) is 8.42 Å². The van der Waals surface area contributed by atoms with Gasteiger partial charge in [-0.05, 0) is 50.1 Å². The normalized spacial score (nSPS) is 12.5. The molecule has 0 aliphatic heterocycles. The van der Waals surface area contributed by atoms with Crippen molar-refractivity contribution in [3.05, 3.63) is 50.7 Å². The lowest BCUT2D eigenvalue weighted by atomic mass is 10.2. The Hall–Kier alpha value is -1.37. The van der Waals surface area contributed by atoms with Crippen LogP contribution in [0.4, 0.5) is 0 Å². The lowest BCUT2D eigenvalue weighted by Crippen LogP contribution is -2.20. The average molecular weight is 343 g/mol. The zero-order valence-electron chi connectivity index (χ0n) is 11.8. The second-order valence-electron chi connectivity index (χ2n) is 4.66. The predicted octanol–water partition coefficient (Wildman–Crippen LogP) is 3.72. The number of aryl methyl sites for hydroxylation is 2. The van der Waals surface area contributed by atoms with Crippen LogP contribution in [0.3, 0.4) is 0 Å². The van der Waals surface area contributed by atoms with E-state index in [0.29, 0.717) is 15.6 Å². The van der Waals surface area contributed by atoms with Gasteiger partial charge in [0.15, 0.2) is 0 Å². The summed E-state index contributed by atoms with van der Waals surface area (Å²) in [6.07, 6.45) is 0. The van der Waals surface area contributed by atoms with Gasteiger partial charge < -0.3 is 0 Å². The minimum absolute atomic E-state index is 0.239. The molecule has 0 radical (unpaired) electrons. The smallest absolute Gasteiger partial charge is 0.200 e. The molecule has 0 atom stereocenters.